The number of ether oxygens (including phenoxy) is 1. The summed E-state index contributed by atoms with van der Waals surface area (Å²) in [6.07, 6.45) is 3.93. The average molecular weight is 442 g/mol. The molecule has 0 radical (unpaired) electrons. The normalized spacial score (nSPS) is 14.5. The van der Waals surface area contributed by atoms with Crippen LogP contribution in [0.2, 0.25) is 0 Å². The number of rotatable bonds is 7. The van der Waals surface area contributed by atoms with Crippen LogP contribution in [0.5, 0.6) is 5.75 Å². The van der Waals surface area contributed by atoms with Crippen LogP contribution in [0.15, 0.2) is 78.9 Å². The number of hydrogen-bond donors (Lipinski definition) is 0. The Kier molecular flexibility index (Phi) is 6.33. The molecule has 0 bridgehead atoms. The number of carbonyl (C=O) groups excluding carboxylic acids is 1. The summed E-state index contributed by atoms with van der Waals surface area (Å²) >= 11 is 1.68. The zero-order valence-corrected chi connectivity index (χ0v) is 18.9. The molecule has 0 amide bonds. The molecule has 162 valence electrons. The van der Waals surface area contributed by atoms with Gasteiger partial charge in [0.2, 0.25) is 0 Å². The molecule has 1 fully saturated rings. The molecule has 0 aliphatic carbocycles. The SMILES string of the molecule is O=C(c1ccc(OCCN2CCCCC2)cc1)c1c(-c2ccccc2)sc2ccccc12. The maximum absolute atomic E-state index is 13.6. The van der Waals surface area contributed by atoms with Crippen LogP contribution >= 0.6 is 11.3 Å². The Labute approximate surface area is 193 Å². The average Bonchev–Trinajstić information content (AvgIpc) is 3.25. The van der Waals surface area contributed by atoms with Crippen molar-refractivity contribution in [2.45, 2.75) is 19.3 Å². The van der Waals surface area contributed by atoms with E-state index in [1.54, 1.807) is 11.3 Å². The summed E-state index contributed by atoms with van der Waals surface area (Å²) in [6, 6.07) is 25.9. The minimum atomic E-state index is 0.0566. The van der Waals surface area contributed by atoms with Crippen molar-refractivity contribution in [3.05, 3.63) is 90.0 Å². The fourth-order valence-corrected chi connectivity index (χ4v) is 5.59. The number of hydrogen-bond acceptors (Lipinski definition) is 4. The van der Waals surface area contributed by atoms with Gasteiger partial charge in [-0.1, -0.05) is 55.0 Å². The second-order valence-electron chi connectivity index (χ2n) is 8.27. The van der Waals surface area contributed by atoms with Crippen LogP contribution < -0.4 is 4.74 Å². The van der Waals surface area contributed by atoms with Crippen molar-refractivity contribution in [3.8, 4) is 16.2 Å². The quantitative estimate of drug-likeness (QED) is 0.300. The topological polar surface area (TPSA) is 29.5 Å². The molecule has 3 nitrogen and oxygen atoms in total. The van der Waals surface area contributed by atoms with Crippen LogP contribution in [0.25, 0.3) is 20.5 Å². The van der Waals surface area contributed by atoms with Crippen molar-refractivity contribution in [1.82, 2.24) is 4.90 Å². The van der Waals surface area contributed by atoms with Gasteiger partial charge in [-0.25, -0.2) is 0 Å². The Morgan fingerprint density at radius 3 is 2.34 bits per heavy atom. The molecule has 0 atom stereocenters. The first kappa shape index (κ1) is 20.9. The maximum atomic E-state index is 13.6. The molecule has 0 saturated carbocycles. The zero-order chi connectivity index (χ0) is 21.8. The highest BCUT2D eigenvalue weighted by atomic mass is 32.1. The molecule has 4 aromatic rings. The van der Waals surface area contributed by atoms with E-state index in [1.807, 2.05) is 60.7 Å². The van der Waals surface area contributed by atoms with E-state index in [2.05, 4.69) is 23.1 Å². The first-order valence-electron chi connectivity index (χ1n) is 11.4. The number of piperidine rings is 1. The molecule has 1 aromatic heterocycles. The summed E-state index contributed by atoms with van der Waals surface area (Å²) in [4.78, 5) is 17.1. The zero-order valence-electron chi connectivity index (χ0n) is 18.1. The van der Waals surface area contributed by atoms with Crippen LogP contribution in [0.4, 0.5) is 0 Å². The van der Waals surface area contributed by atoms with Gasteiger partial charge in [0.05, 0.1) is 0 Å². The number of carbonyl (C=O) groups is 1. The highest BCUT2D eigenvalue weighted by Gasteiger charge is 2.21. The lowest BCUT2D eigenvalue weighted by Crippen LogP contribution is -2.33. The second-order valence-corrected chi connectivity index (χ2v) is 9.32. The minimum Gasteiger partial charge on any atom is -0.492 e. The largest absolute Gasteiger partial charge is 0.492 e. The lowest BCUT2D eigenvalue weighted by molar-refractivity contribution is 0.104. The molecule has 1 aliphatic heterocycles. The summed E-state index contributed by atoms with van der Waals surface area (Å²) in [7, 11) is 0. The fraction of sp³-hybridized carbons (Fsp3) is 0.250. The molecule has 0 spiro atoms. The van der Waals surface area contributed by atoms with Gasteiger partial charge in [-0.2, -0.15) is 0 Å². The van der Waals surface area contributed by atoms with Gasteiger partial charge in [-0.3, -0.25) is 9.69 Å². The van der Waals surface area contributed by atoms with E-state index in [0.29, 0.717) is 12.2 Å². The molecular formula is C28H27NO2S. The monoisotopic (exact) mass is 441 g/mol. The summed E-state index contributed by atoms with van der Waals surface area (Å²) < 4.78 is 7.08. The Hall–Kier alpha value is -2.95. The van der Waals surface area contributed by atoms with E-state index in [9.17, 15) is 4.79 Å². The van der Waals surface area contributed by atoms with Gasteiger partial charge < -0.3 is 4.74 Å². The fourth-order valence-electron chi connectivity index (χ4n) is 4.39. The van der Waals surface area contributed by atoms with Crippen molar-refractivity contribution in [3.63, 3.8) is 0 Å². The van der Waals surface area contributed by atoms with Crippen molar-refractivity contribution in [2.75, 3.05) is 26.2 Å². The first-order valence-corrected chi connectivity index (χ1v) is 12.2. The van der Waals surface area contributed by atoms with Crippen LogP contribution in [-0.2, 0) is 0 Å². The summed E-state index contributed by atoms with van der Waals surface area (Å²) in [6.45, 7) is 3.99. The first-order chi connectivity index (χ1) is 15.8. The summed E-state index contributed by atoms with van der Waals surface area (Å²) in [5.74, 6) is 0.873. The highest BCUT2D eigenvalue weighted by molar-refractivity contribution is 7.22. The van der Waals surface area contributed by atoms with Crippen molar-refractivity contribution >= 4 is 27.2 Å². The van der Waals surface area contributed by atoms with Gasteiger partial charge in [0.1, 0.15) is 12.4 Å². The predicted octanol–water partition coefficient (Wildman–Crippen LogP) is 6.66. The van der Waals surface area contributed by atoms with Crippen LogP contribution in [0.1, 0.15) is 35.2 Å². The van der Waals surface area contributed by atoms with E-state index in [-0.39, 0.29) is 5.78 Å². The van der Waals surface area contributed by atoms with Gasteiger partial charge in [0, 0.05) is 32.6 Å². The highest BCUT2D eigenvalue weighted by Crippen LogP contribution is 2.39. The Balaban J connectivity index is 1.36. The number of benzene rings is 3. The molecule has 4 heteroatoms. The van der Waals surface area contributed by atoms with Crippen molar-refractivity contribution < 1.29 is 9.53 Å². The van der Waals surface area contributed by atoms with Crippen LogP contribution in [-0.4, -0.2) is 36.9 Å². The lowest BCUT2D eigenvalue weighted by Gasteiger charge is -2.26. The standard InChI is InChI=1S/C28H27NO2S/c30-27(21-13-15-23(16-14-21)31-20-19-29-17-7-2-8-18-29)26-24-11-5-6-12-25(24)32-28(26)22-9-3-1-4-10-22/h1,3-6,9-16H,2,7-8,17-20H2. The van der Waals surface area contributed by atoms with E-state index in [1.165, 1.54) is 32.4 Å². The third-order valence-corrected chi connectivity index (χ3v) is 7.32. The van der Waals surface area contributed by atoms with E-state index >= 15 is 0 Å². The Bertz CT molecular complexity index is 1190. The molecule has 1 aliphatic rings. The molecule has 5 rings (SSSR count). The van der Waals surface area contributed by atoms with E-state index in [0.717, 1.165) is 38.4 Å². The molecular weight excluding hydrogens is 414 g/mol. The van der Waals surface area contributed by atoms with Gasteiger partial charge in [0.25, 0.3) is 0 Å². The van der Waals surface area contributed by atoms with E-state index in [4.69, 9.17) is 4.74 Å². The maximum Gasteiger partial charge on any atom is 0.195 e. The predicted molar refractivity (Wildman–Crippen MR) is 133 cm³/mol. The van der Waals surface area contributed by atoms with Gasteiger partial charge in [-0.05, 0) is 61.8 Å². The minimum absolute atomic E-state index is 0.0566. The summed E-state index contributed by atoms with van der Waals surface area (Å²) in [5, 5.41) is 1.02. The van der Waals surface area contributed by atoms with Crippen molar-refractivity contribution in [1.29, 1.82) is 0 Å². The molecule has 3 aromatic carbocycles. The lowest BCUT2D eigenvalue weighted by atomic mass is 9.97. The van der Waals surface area contributed by atoms with Gasteiger partial charge >= 0.3 is 0 Å². The van der Waals surface area contributed by atoms with Crippen LogP contribution in [0.3, 0.4) is 0 Å². The smallest absolute Gasteiger partial charge is 0.195 e. The van der Waals surface area contributed by atoms with Crippen molar-refractivity contribution in [2.24, 2.45) is 0 Å². The number of fused-ring (bicyclic) bond motifs is 1. The number of thiophene rings is 1. The van der Waals surface area contributed by atoms with Gasteiger partial charge in [0.15, 0.2) is 5.78 Å². The molecule has 0 unspecified atom stereocenters. The van der Waals surface area contributed by atoms with E-state index < -0.39 is 0 Å². The molecule has 32 heavy (non-hydrogen) atoms. The Morgan fingerprint density at radius 2 is 1.56 bits per heavy atom. The number of nitrogens with zero attached hydrogens (tertiary/aromatic N) is 1. The second kappa shape index (κ2) is 9.68. The molecule has 1 saturated heterocycles. The molecule has 0 N–H and O–H groups in total. The number of likely N-dealkylation sites (tertiary alicyclic amines) is 1. The van der Waals surface area contributed by atoms with Gasteiger partial charge in [-0.15, -0.1) is 11.3 Å². The third kappa shape index (κ3) is 4.47. The number of ketones is 1. The molecule has 2 heterocycles. The summed E-state index contributed by atoms with van der Waals surface area (Å²) in [5.41, 5.74) is 2.55. The van der Waals surface area contributed by atoms with Crippen LogP contribution in [0, 0.1) is 0 Å². The third-order valence-electron chi connectivity index (χ3n) is 6.10. The Morgan fingerprint density at radius 1 is 0.844 bits per heavy atom.